The molecule has 0 spiro atoms. The lowest BCUT2D eigenvalue weighted by atomic mass is 9.48. The second-order valence-electron chi connectivity index (χ2n) is 8.92. The third-order valence-corrected chi connectivity index (χ3v) is 5.82. The Kier molecular flexibility index (Phi) is 3.05. The lowest BCUT2D eigenvalue weighted by Crippen LogP contribution is -2.47. The van der Waals surface area contributed by atoms with Crippen LogP contribution in [-0.4, -0.2) is 5.54 Å². The zero-order chi connectivity index (χ0) is 13.0. The second kappa shape index (κ2) is 4.23. The van der Waals surface area contributed by atoms with Crippen LogP contribution in [0, 0.1) is 29.1 Å². The molecule has 1 heteroatoms. The Balaban J connectivity index is 1.65. The summed E-state index contributed by atoms with van der Waals surface area (Å²) in [6, 6.07) is 0. The third-order valence-electron chi connectivity index (χ3n) is 5.82. The van der Waals surface area contributed by atoms with Gasteiger partial charge in [0.25, 0.3) is 0 Å². The summed E-state index contributed by atoms with van der Waals surface area (Å²) in [6.07, 6.45) is 12.0. The molecule has 4 saturated carbocycles. The highest BCUT2D eigenvalue weighted by Crippen LogP contribution is 2.62. The lowest BCUT2D eigenvalue weighted by molar-refractivity contribution is -0.0655. The van der Waals surface area contributed by atoms with E-state index < -0.39 is 0 Å². The molecule has 4 fully saturated rings. The van der Waals surface area contributed by atoms with Gasteiger partial charge in [0.15, 0.2) is 0 Å². The maximum absolute atomic E-state index is 6.20. The smallest absolute Gasteiger partial charge is 0.00995 e. The van der Waals surface area contributed by atoms with Gasteiger partial charge in [-0.2, -0.15) is 0 Å². The van der Waals surface area contributed by atoms with Gasteiger partial charge in [0.1, 0.15) is 0 Å². The first kappa shape index (κ1) is 13.0. The molecular weight excluding hydrogens is 218 g/mol. The zero-order valence-corrected chi connectivity index (χ0v) is 12.5. The largest absolute Gasteiger partial charge is 0.326 e. The summed E-state index contributed by atoms with van der Waals surface area (Å²) < 4.78 is 0. The number of hydrogen-bond acceptors (Lipinski definition) is 1. The molecule has 0 radical (unpaired) electrons. The summed E-state index contributed by atoms with van der Waals surface area (Å²) in [5.74, 6) is 4.08. The van der Waals surface area contributed by atoms with Crippen molar-refractivity contribution in [3.8, 4) is 0 Å². The van der Waals surface area contributed by atoms with Crippen LogP contribution in [-0.2, 0) is 0 Å². The quantitative estimate of drug-likeness (QED) is 0.787. The van der Waals surface area contributed by atoms with Gasteiger partial charge in [-0.1, -0.05) is 6.92 Å². The van der Waals surface area contributed by atoms with E-state index in [0.717, 1.165) is 29.1 Å². The van der Waals surface area contributed by atoms with Crippen LogP contribution in [0.15, 0.2) is 0 Å². The molecule has 2 N–H and O–H groups in total. The number of nitrogens with two attached hydrogens (primary N) is 1. The molecule has 0 aromatic carbocycles. The van der Waals surface area contributed by atoms with Crippen LogP contribution in [0.2, 0.25) is 0 Å². The Labute approximate surface area is 113 Å². The van der Waals surface area contributed by atoms with E-state index in [2.05, 4.69) is 20.8 Å². The lowest BCUT2D eigenvalue weighted by Gasteiger charge is -2.57. The highest BCUT2D eigenvalue weighted by molar-refractivity contribution is 5.02. The molecule has 104 valence electrons. The highest BCUT2D eigenvalue weighted by Gasteiger charge is 2.50. The minimum atomic E-state index is 0.0156. The van der Waals surface area contributed by atoms with Crippen molar-refractivity contribution in [2.75, 3.05) is 0 Å². The van der Waals surface area contributed by atoms with Crippen molar-refractivity contribution in [3.05, 3.63) is 0 Å². The molecule has 0 aromatic heterocycles. The van der Waals surface area contributed by atoms with Gasteiger partial charge < -0.3 is 5.73 Å². The van der Waals surface area contributed by atoms with Crippen LogP contribution in [0.5, 0.6) is 0 Å². The fourth-order valence-corrected chi connectivity index (χ4v) is 6.25. The van der Waals surface area contributed by atoms with Gasteiger partial charge in [0, 0.05) is 5.54 Å². The SMILES string of the molecule is CC(CC(C)(C)N)CC12CC3CC(CC(C3)C1)C2. The molecule has 4 rings (SSSR count). The fourth-order valence-electron chi connectivity index (χ4n) is 6.25. The minimum absolute atomic E-state index is 0.0156. The summed E-state index contributed by atoms with van der Waals surface area (Å²) in [7, 11) is 0. The van der Waals surface area contributed by atoms with Gasteiger partial charge in [-0.3, -0.25) is 0 Å². The van der Waals surface area contributed by atoms with Crippen LogP contribution in [0.4, 0.5) is 0 Å². The predicted molar refractivity (Wildman–Crippen MR) is 77.3 cm³/mol. The molecule has 4 aliphatic carbocycles. The maximum Gasteiger partial charge on any atom is 0.00995 e. The minimum Gasteiger partial charge on any atom is -0.326 e. The van der Waals surface area contributed by atoms with E-state index in [1.807, 2.05) is 0 Å². The fraction of sp³-hybridized carbons (Fsp3) is 1.00. The summed E-state index contributed by atoms with van der Waals surface area (Å²) in [5, 5.41) is 0. The Hall–Kier alpha value is -0.0400. The van der Waals surface area contributed by atoms with E-state index in [9.17, 15) is 0 Å². The topological polar surface area (TPSA) is 26.0 Å². The summed E-state index contributed by atoms with van der Waals surface area (Å²) in [5.41, 5.74) is 6.95. The van der Waals surface area contributed by atoms with Crippen LogP contribution in [0.3, 0.4) is 0 Å². The van der Waals surface area contributed by atoms with Crippen molar-refractivity contribution in [3.63, 3.8) is 0 Å². The van der Waals surface area contributed by atoms with Crippen molar-refractivity contribution in [2.24, 2.45) is 34.8 Å². The van der Waals surface area contributed by atoms with Gasteiger partial charge >= 0.3 is 0 Å². The van der Waals surface area contributed by atoms with Crippen molar-refractivity contribution < 1.29 is 0 Å². The Bertz CT molecular complexity index is 277. The standard InChI is InChI=1S/C17H31N/c1-12(7-16(2,3)18)8-17-9-13-4-14(10-17)6-15(5-13)11-17/h12-15H,4-11,18H2,1-3H3. The van der Waals surface area contributed by atoms with E-state index in [-0.39, 0.29) is 5.54 Å². The molecular formula is C17H31N. The van der Waals surface area contributed by atoms with Gasteiger partial charge in [-0.25, -0.2) is 0 Å². The molecule has 0 heterocycles. The van der Waals surface area contributed by atoms with E-state index in [0.29, 0.717) is 0 Å². The van der Waals surface area contributed by atoms with Gasteiger partial charge in [0.2, 0.25) is 0 Å². The molecule has 4 aliphatic rings. The van der Waals surface area contributed by atoms with Crippen LogP contribution >= 0.6 is 0 Å². The Morgan fingerprint density at radius 3 is 1.89 bits per heavy atom. The second-order valence-corrected chi connectivity index (χ2v) is 8.92. The average molecular weight is 249 g/mol. The molecule has 0 amide bonds. The molecule has 0 aromatic rings. The molecule has 18 heavy (non-hydrogen) atoms. The van der Waals surface area contributed by atoms with Crippen molar-refractivity contribution in [2.45, 2.75) is 77.7 Å². The normalized spacial score (nSPS) is 44.3. The molecule has 1 atom stereocenters. The van der Waals surface area contributed by atoms with Crippen molar-refractivity contribution in [1.29, 1.82) is 0 Å². The Morgan fingerprint density at radius 2 is 1.50 bits per heavy atom. The summed E-state index contributed by atoms with van der Waals surface area (Å²) >= 11 is 0. The third kappa shape index (κ3) is 2.61. The first-order chi connectivity index (χ1) is 8.34. The molecule has 1 nitrogen and oxygen atoms in total. The Morgan fingerprint density at radius 1 is 1.06 bits per heavy atom. The van der Waals surface area contributed by atoms with Crippen molar-refractivity contribution in [1.82, 2.24) is 0 Å². The van der Waals surface area contributed by atoms with E-state index in [1.54, 1.807) is 38.5 Å². The monoisotopic (exact) mass is 249 g/mol. The van der Waals surface area contributed by atoms with Gasteiger partial charge in [0.05, 0.1) is 0 Å². The van der Waals surface area contributed by atoms with Gasteiger partial charge in [-0.15, -0.1) is 0 Å². The number of rotatable bonds is 4. The summed E-state index contributed by atoms with van der Waals surface area (Å²) in [4.78, 5) is 0. The van der Waals surface area contributed by atoms with Gasteiger partial charge in [-0.05, 0) is 94.3 Å². The first-order valence-electron chi connectivity index (χ1n) is 8.12. The van der Waals surface area contributed by atoms with E-state index >= 15 is 0 Å². The molecule has 4 bridgehead atoms. The highest BCUT2D eigenvalue weighted by atomic mass is 14.7. The molecule has 1 unspecified atom stereocenters. The zero-order valence-electron chi connectivity index (χ0n) is 12.5. The average Bonchev–Trinajstić information content (AvgIpc) is 2.09. The summed E-state index contributed by atoms with van der Waals surface area (Å²) in [6.45, 7) is 6.81. The van der Waals surface area contributed by atoms with Crippen LogP contribution in [0.1, 0.15) is 72.1 Å². The van der Waals surface area contributed by atoms with E-state index in [1.165, 1.54) is 12.8 Å². The number of hydrogen-bond donors (Lipinski definition) is 1. The first-order valence-corrected chi connectivity index (χ1v) is 8.12. The maximum atomic E-state index is 6.20. The van der Waals surface area contributed by atoms with Crippen LogP contribution < -0.4 is 5.73 Å². The predicted octanol–water partition coefficient (Wildman–Crippen LogP) is 4.36. The van der Waals surface area contributed by atoms with Crippen LogP contribution in [0.25, 0.3) is 0 Å². The molecule has 0 aliphatic heterocycles. The van der Waals surface area contributed by atoms with Crippen molar-refractivity contribution >= 4 is 0 Å². The van der Waals surface area contributed by atoms with E-state index in [4.69, 9.17) is 5.73 Å². The molecule has 0 saturated heterocycles.